The van der Waals surface area contributed by atoms with E-state index < -0.39 is 43.1 Å². The standard InChI is InChI=1S/C16H16ClFN2O3.C14H14ClFN2O2.C2H3ClO.2CO2.CH4.B10/c1-3-7-22-16-14(5-4-6-19-16)23-15-9-13(20-10(2)21)12(18)8-11(15)17;1-2-6-19-14-12(4-3-5-18-14)20-13-8-11(17)10(16)7-9(13)15;1-2(3)4;2*2-1-3;;1-7(2)10(8(3)4)9(5)6/h4-6,8-9H,3,7H2,1-2H3,(H,20,21);3-5,7-8H,2,6,17H2,1H3;1H3;;;1H4;. The molecule has 1 amide bonds. The van der Waals surface area contributed by atoms with E-state index in [9.17, 15) is 18.4 Å². The highest BCUT2D eigenvalue weighted by Crippen LogP contribution is 2.37. The van der Waals surface area contributed by atoms with E-state index >= 15 is 0 Å². The number of nitrogens with zero attached hydrogens (tertiary/aromatic N) is 2. The van der Waals surface area contributed by atoms with E-state index in [-0.39, 0.29) is 57.9 Å². The molecule has 0 bridgehead atoms. The molecule has 0 atom stereocenters. The second-order valence-corrected chi connectivity index (χ2v) is 13.1. The zero-order valence-electron chi connectivity index (χ0n) is 34.3. The second kappa shape index (κ2) is 36.4. The molecule has 14 nitrogen and oxygen atoms in total. The summed E-state index contributed by atoms with van der Waals surface area (Å²) in [4.78, 5) is 61.0. The monoisotopic (exact) mass is 926 g/mol. The summed E-state index contributed by atoms with van der Waals surface area (Å²) >= 11 is 16.6. The van der Waals surface area contributed by atoms with Gasteiger partial charge in [-0.2, -0.15) is 19.2 Å². The van der Waals surface area contributed by atoms with Crippen molar-refractivity contribution in [1.82, 2.24) is 9.97 Å². The van der Waals surface area contributed by atoms with Crippen molar-refractivity contribution in [2.24, 2.45) is 0 Å². The molecule has 0 saturated heterocycles. The number of nitrogen functional groups attached to an aromatic ring is 1. The molecule has 4 aromatic rings. The summed E-state index contributed by atoms with van der Waals surface area (Å²) in [7, 11) is 31.8. The third kappa shape index (κ3) is 27.3. The summed E-state index contributed by atoms with van der Waals surface area (Å²) in [5, 5.41) is 2.21. The highest BCUT2D eigenvalue weighted by atomic mass is 35.5. The van der Waals surface area contributed by atoms with Crippen molar-refractivity contribution in [2.75, 3.05) is 24.3 Å². The van der Waals surface area contributed by atoms with Gasteiger partial charge in [-0.15, -0.1) is 0 Å². The van der Waals surface area contributed by atoms with Crippen molar-refractivity contribution < 1.29 is 56.5 Å². The predicted octanol–water partition coefficient (Wildman–Crippen LogP) is 4.88. The van der Waals surface area contributed by atoms with Crippen LogP contribution in [0.5, 0.6) is 34.8 Å². The maximum Gasteiger partial charge on any atom is 0.373 e. The van der Waals surface area contributed by atoms with E-state index in [1.54, 1.807) is 36.7 Å². The second-order valence-electron chi connectivity index (χ2n) is 11.7. The number of nitrogens with one attached hydrogen (secondary N) is 1. The summed E-state index contributed by atoms with van der Waals surface area (Å²) in [5.74, 6) is 0.222. The van der Waals surface area contributed by atoms with E-state index in [2.05, 4.69) is 26.9 Å². The molecule has 2 heterocycles. The molecule has 0 aliphatic heterocycles. The van der Waals surface area contributed by atoms with Gasteiger partial charge in [-0.05, 0) is 60.8 Å². The third-order valence-corrected chi connectivity index (χ3v) is 7.11. The van der Waals surface area contributed by atoms with Crippen molar-refractivity contribution >= 4 is 142 Å². The average molecular weight is 926 g/mol. The lowest BCUT2D eigenvalue weighted by Gasteiger charge is -2.23. The van der Waals surface area contributed by atoms with Crippen LogP contribution in [-0.2, 0) is 28.8 Å². The number of pyridine rings is 2. The number of hydrogen-bond donors (Lipinski definition) is 2. The summed E-state index contributed by atoms with van der Waals surface area (Å²) in [5.41, 5.74) is 5.45. The molecule has 12 radical (unpaired) electrons. The summed E-state index contributed by atoms with van der Waals surface area (Å²) < 4.78 is 49.3. The van der Waals surface area contributed by atoms with Gasteiger partial charge in [-0.3, -0.25) is 9.59 Å². The van der Waals surface area contributed by atoms with E-state index in [0.717, 1.165) is 25.0 Å². The Balaban J connectivity index is -0.000000820. The first-order valence-electron chi connectivity index (χ1n) is 17.9. The van der Waals surface area contributed by atoms with Crippen LogP contribution in [0.4, 0.5) is 20.2 Å². The van der Waals surface area contributed by atoms with Crippen molar-refractivity contribution in [2.45, 2.75) is 48.0 Å². The lowest BCUT2D eigenvalue weighted by Crippen LogP contribution is -2.62. The Morgan fingerprint density at radius 1 is 0.719 bits per heavy atom. The fourth-order valence-electron chi connectivity index (χ4n) is 4.04. The molecular weight excluding hydrogens is 889 g/mol. The normalized spacial score (nSPS) is 8.89. The number of carbonyl (C=O) groups is 2. The smallest absolute Gasteiger partial charge is 0.373 e. The largest absolute Gasteiger partial charge is 0.475 e. The number of rotatable bonds is 14. The highest BCUT2D eigenvalue weighted by Gasteiger charge is 2.24. The Morgan fingerprint density at radius 2 is 1.08 bits per heavy atom. The molecule has 0 aliphatic carbocycles. The highest BCUT2D eigenvalue weighted by molar-refractivity contribution is 8.00. The van der Waals surface area contributed by atoms with Gasteiger partial charge in [0.15, 0.2) is 11.5 Å². The minimum atomic E-state index is -0.667. The molecule has 2 aromatic heterocycles. The maximum absolute atomic E-state index is 13.8. The number of hydrogen-bond acceptors (Lipinski definition) is 13. The quantitative estimate of drug-likeness (QED) is 0.0985. The fraction of sp³-hybridized carbons (Fsp3) is 0.257. The lowest BCUT2D eigenvalue weighted by molar-refractivity contribution is -0.193. The predicted molar refractivity (Wildman–Crippen MR) is 253 cm³/mol. The van der Waals surface area contributed by atoms with Gasteiger partial charge in [0, 0.05) is 110 Å². The molecule has 0 saturated carbocycles. The van der Waals surface area contributed by atoms with E-state index in [1.165, 1.54) is 26.0 Å². The minimum absolute atomic E-state index is 0. The van der Waals surface area contributed by atoms with E-state index in [4.69, 9.17) is 113 Å². The Labute approximate surface area is 395 Å². The number of amides is 1. The van der Waals surface area contributed by atoms with Crippen LogP contribution in [0.3, 0.4) is 0 Å². The molecular formula is C35H37B10Cl3F2N4O10. The number of halogens is 5. The number of carbonyl (C=O) groups excluding carboxylic acids is 6. The van der Waals surface area contributed by atoms with Gasteiger partial charge in [0.25, 0.3) is 11.8 Å². The van der Waals surface area contributed by atoms with Crippen LogP contribution in [0.1, 0.15) is 48.0 Å². The van der Waals surface area contributed by atoms with Gasteiger partial charge >= 0.3 is 12.3 Å². The number of ether oxygens (including phenoxy) is 4. The van der Waals surface area contributed by atoms with Crippen molar-refractivity contribution in [3.63, 3.8) is 0 Å². The van der Waals surface area contributed by atoms with Gasteiger partial charge in [0.05, 0.1) is 34.6 Å². The molecule has 64 heavy (non-hydrogen) atoms. The number of benzene rings is 2. The van der Waals surface area contributed by atoms with Gasteiger partial charge in [-0.1, -0.05) is 44.5 Å². The number of anilines is 2. The maximum atomic E-state index is 13.8. The van der Waals surface area contributed by atoms with Gasteiger partial charge in [-0.25, -0.2) is 18.7 Å². The molecule has 322 valence electrons. The average Bonchev–Trinajstić information content (AvgIpc) is 3.18. The molecule has 0 spiro atoms. The molecule has 0 fully saturated rings. The molecule has 29 heteroatoms. The Hall–Kier alpha value is -4.98. The lowest BCUT2D eigenvalue weighted by atomic mass is 8.58. The SMILES string of the molecule is C.CC(=O)Cl.CCCOc1ncccc1Oc1cc(N)c(F)cc1Cl.CCCOc1ncccc1Oc1cc(NC(C)=O)c(F)cc1Cl.O=C=O.O=C=O.[B]B([B])B(B([B])[B])B([B])[B]. The summed E-state index contributed by atoms with van der Waals surface area (Å²) in [6.07, 6.45) is 2.89. The molecule has 0 aliphatic rings. The zero-order chi connectivity index (χ0) is 48.7. The molecule has 3 N–H and O–H groups in total. The first kappa shape index (κ1) is 63.3. The van der Waals surface area contributed by atoms with Crippen LogP contribution in [0.25, 0.3) is 0 Å². The summed E-state index contributed by atoms with van der Waals surface area (Å²) in [6.45, 7) is 7.54. The van der Waals surface area contributed by atoms with Gasteiger partial charge in [0.2, 0.25) is 11.1 Å². The minimum Gasteiger partial charge on any atom is -0.475 e. The summed E-state index contributed by atoms with van der Waals surface area (Å²) in [6, 6.07) is 11.6. The van der Waals surface area contributed by atoms with E-state index in [1.807, 2.05) is 13.8 Å². The van der Waals surface area contributed by atoms with Crippen LogP contribution in [-0.4, -0.2) is 119 Å². The topological polar surface area (TPSA) is 203 Å². The number of nitrogens with two attached hydrogens (primary N) is 1. The molecule has 0 unspecified atom stereocenters. The van der Waals surface area contributed by atoms with Crippen LogP contribution < -0.4 is 30.0 Å². The Kier molecular flexibility index (Phi) is 36.0. The first-order chi connectivity index (χ1) is 29.6. The van der Waals surface area contributed by atoms with Crippen LogP contribution in [0, 0.1) is 11.6 Å². The van der Waals surface area contributed by atoms with Crippen molar-refractivity contribution in [1.29, 1.82) is 0 Å². The van der Waals surface area contributed by atoms with Gasteiger partial charge in [0.1, 0.15) is 23.1 Å². The Bertz CT molecular complexity index is 2050. The van der Waals surface area contributed by atoms with Crippen molar-refractivity contribution in [3.8, 4) is 34.8 Å². The molecule has 2 aromatic carbocycles. The van der Waals surface area contributed by atoms with Gasteiger partial charge < -0.3 is 30.0 Å². The van der Waals surface area contributed by atoms with Crippen LogP contribution >= 0.6 is 34.8 Å². The van der Waals surface area contributed by atoms with Crippen LogP contribution in [0.15, 0.2) is 60.9 Å². The molecule has 4 rings (SSSR count). The third-order valence-electron chi connectivity index (χ3n) is 6.51. The van der Waals surface area contributed by atoms with Crippen molar-refractivity contribution in [3.05, 3.63) is 82.6 Å². The zero-order valence-corrected chi connectivity index (χ0v) is 36.6. The first-order valence-corrected chi connectivity index (χ1v) is 19.0. The number of aromatic nitrogens is 2. The fourth-order valence-corrected chi connectivity index (χ4v) is 4.42. The Morgan fingerprint density at radius 3 is 1.41 bits per heavy atom. The van der Waals surface area contributed by atoms with Crippen LogP contribution in [0.2, 0.25) is 10.0 Å². The van der Waals surface area contributed by atoms with E-state index in [0.29, 0.717) is 36.5 Å².